The highest BCUT2D eigenvalue weighted by Crippen LogP contribution is 2.51. The Labute approximate surface area is 162 Å². The maximum absolute atomic E-state index is 13.1. The summed E-state index contributed by atoms with van der Waals surface area (Å²) in [6, 6.07) is 8.58. The third-order valence-electron chi connectivity index (χ3n) is 6.23. The molecule has 4 rings (SSSR count). The summed E-state index contributed by atoms with van der Waals surface area (Å²) in [5.41, 5.74) is -0.889. The van der Waals surface area contributed by atoms with E-state index in [9.17, 15) is 24.3 Å². The van der Waals surface area contributed by atoms with Gasteiger partial charge in [0, 0.05) is 13.0 Å². The minimum Gasteiger partial charge on any atom is -0.479 e. The van der Waals surface area contributed by atoms with Gasteiger partial charge in [-0.1, -0.05) is 42.5 Å². The van der Waals surface area contributed by atoms with Crippen LogP contribution in [0.3, 0.4) is 0 Å². The third kappa shape index (κ3) is 2.49. The quantitative estimate of drug-likeness (QED) is 0.794. The van der Waals surface area contributed by atoms with E-state index in [-0.39, 0.29) is 11.8 Å². The van der Waals surface area contributed by atoms with Crippen molar-refractivity contribution in [1.29, 1.82) is 0 Å². The van der Waals surface area contributed by atoms with Crippen molar-refractivity contribution in [3.63, 3.8) is 0 Å². The van der Waals surface area contributed by atoms with Crippen molar-refractivity contribution in [2.24, 2.45) is 17.8 Å². The number of aliphatic carboxylic acids is 1. The van der Waals surface area contributed by atoms with E-state index in [2.05, 4.69) is 0 Å². The molecule has 1 N–H and O–H groups in total. The van der Waals surface area contributed by atoms with Gasteiger partial charge >= 0.3 is 5.97 Å². The van der Waals surface area contributed by atoms with E-state index in [4.69, 9.17) is 0 Å². The largest absolute Gasteiger partial charge is 0.479 e. The number of nitrogens with zero attached hydrogens (tertiary/aromatic N) is 2. The molecule has 1 saturated carbocycles. The van der Waals surface area contributed by atoms with Crippen LogP contribution in [0.1, 0.15) is 25.3 Å². The molecule has 7 nitrogen and oxygen atoms in total. The Kier molecular flexibility index (Phi) is 4.14. The van der Waals surface area contributed by atoms with Crippen LogP contribution in [0.2, 0.25) is 0 Å². The van der Waals surface area contributed by atoms with Crippen LogP contribution < -0.4 is 0 Å². The number of carboxylic acid groups (broad SMARTS) is 1. The summed E-state index contributed by atoms with van der Waals surface area (Å²) < 4.78 is 0. The summed E-state index contributed by atoms with van der Waals surface area (Å²) in [7, 11) is 1.37. The number of imide groups is 1. The minimum atomic E-state index is -1.76. The summed E-state index contributed by atoms with van der Waals surface area (Å²) in [5, 5.41) is 10.0. The van der Waals surface area contributed by atoms with Crippen molar-refractivity contribution < 1.29 is 24.3 Å². The fourth-order valence-corrected chi connectivity index (χ4v) is 4.51. The van der Waals surface area contributed by atoms with E-state index >= 15 is 0 Å². The summed E-state index contributed by atoms with van der Waals surface area (Å²) in [6.07, 6.45) is 4.89. The van der Waals surface area contributed by atoms with Crippen LogP contribution in [-0.2, 0) is 19.2 Å². The zero-order valence-electron chi connectivity index (χ0n) is 15.7. The number of likely N-dealkylation sites (tertiary alicyclic amines) is 2. The van der Waals surface area contributed by atoms with Crippen LogP contribution in [0, 0.1) is 17.8 Å². The second-order valence-electron chi connectivity index (χ2n) is 7.93. The van der Waals surface area contributed by atoms with E-state index in [0.717, 1.165) is 10.5 Å². The lowest BCUT2D eigenvalue weighted by molar-refractivity contribution is -0.162. The molecule has 3 fully saturated rings. The molecule has 2 aliphatic heterocycles. The third-order valence-corrected chi connectivity index (χ3v) is 6.23. The highest BCUT2D eigenvalue weighted by Gasteiger charge is 2.70. The molecule has 3 amide bonds. The van der Waals surface area contributed by atoms with Crippen LogP contribution >= 0.6 is 0 Å². The zero-order valence-corrected chi connectivity index (χ0v) is 15.7. The number of hydrogen-bond donors (Lipinski definition) is 1. The average molecular weight is 382 g/mol. The second-order valence-corrected chi connectivity index (χ2v) is 7.93. The molecule has 0 bridgehead atoms. The van der Waals surface area contributed by atoms with E-state index in [1.54, 1.807) is 12.2 Å². The van der Waals surface area contributed by atoms with E-state index in [1.165, 1.54) is 18.9 Å². The molecule has 0 spiro atoms. The van der Waals surface area contributed by atoms with Crippen molar-refractivity contribution in [2.45, 2.75) is 31.3 Å². The monoisotopic (exact) mass is 382 g/mol. The highest BCUT2D eigenvalue weighted by atomic mass is 16.4. The zero-order chi connectivity index (χ0) is 20.2. The van der Waals surface area contributed by atoms with Gasteiger partial charge in [0.15, 0.2) is 5.54 Å². The van der Waals surface area contributed by atoms with Gasteiger partial charge in [0.2, 0.25) is 17.7 Å². The normalized spacial score (nSPS) is 32.3. The van der Waals surface area contributed by atoms with Crippen LogP contribution in [0.25, 0.3) is 6.08 Å². The molecule has 28 heavy (non-hydrogen) atoms. The molecule has 2 heterocycles. The fourth-order valence-electron chi connectivity index (χ4n) is 4.51. The standard InChI is InChI=1S/C21H22N2O5/c1-21(20(27)28)16-15(18(25)22(2)19(16)26)14(23(21)17(24)13-9-10-13)11-8-12-6-4-3-5-7-12/h3-8,11,13-16H,9-10H2,1-2H3,(H,27,28). The number of benzene rings is 1. The van der Waals surface area contributed by atoms with Gasteiger partial charge < -0.3 is 10.0 Å². The topological polar surface area (TPSA) is 95.0 Å². The number of carbonyl (C=O) groups is 4. The van der Waals surface area contributed by atoms with Gasteiger partial charge in [-0.3, -0.25) is 19.3 Å². The molecule has 0 aromatic heterocycles. The molecule has 7 heteroatoms. The number of carbonyl (C=O) groups excluding carboxylic acids is 3. The summed E-state index contributed by atoms with van der Waals surface area (Å²) in [5.74, 6) is -4.72. The number of rotatable bonds is 4. The van der Waals surface area contributed by atoms with Gasteiger partial charge in [-0.25, -0.2) is 4.79 Å². The van der Waals surface area contributed by atoms with E-state index in [1.807, 2.05) is 30.3 Å². The van der Waals surface area contributed by atoms with Gasteiger partial charge in [-0.05, 0) is 25.3 Å². The fraction of sp³-hybridized carbons (Fsp3) is 0.429. The molecule has 4 unspecified atom stereocenters. The van der Waals surface area contributed by atoms with Crippen LogP contribution in [0.4, 0.5) is 0 Å². The number of hydrogen-bond acceptors (Lipinski definition) is 4. The van der Waals surface area contributed by atoms with Crippen molar-refractivity contribution in [2.75, 3.05) is 7.05 Å². The molecule has 3 aliphatic rings. The number of carboxylic acids is 1. The Morgan fingerprint density at radius 2 is 1.79 bits per heavy atom. The SMILES string of the molecule is CN1C(=O)C2C(C=Cc3ccccc3)N(C(=O)C3CC3)C(C)(C(=O)O)C2C1=O. The van der Waals surface area contributed by atoms with Gasteiger partial charge in [-0.15, -0.1) is 0 Å². The molecule has 1 aromatic carbocycles. The number of amides is 3. The Morgan fingerprint density at radius 3 is 2.36 bits per heavy atom. The molecule has 0 radical (unpaired) electrons. The molecule has 1 aliphatic carbocycles. The van der Waals surface area contributed by atoms with Crippen LogP contribution in [0.15, 0.2) is 36.4 Å². The Bertz CT molecular complexity index is 891. The first-order valence-corrected chi connectivity index (χ1v) is 9.39. The molecule has 2 saturated heterocycles. The second kappa shape index (κ2) is 6.29. The van der Waals surface area contributed by atoms with Crippen molar-refractivity contribution >= 4 is 29.8 Å². The Balaban J connectivity index is 1.83. The maximum atomic E-state index is 13.1. The maximum Gasteiger partial charge on any atom is 0.330 e. The van der Waals surface area contributed by atoms with Crippen LogP contribution in [0.5, 0.6) is 0 Å². The molecular weight excluding hydrogens is 360 g/mol. The molecule has 146 valence electrons. The average Bonchev–Trinajstić information content (AvgIpc) is 3.45. The minimum absolute atomic E-state index is 0.229. The summed E-state index contributed by atoms with van der Waals surface area (Å²) >= 11 is 0. The predicted molar refractivity (Wildman–Crippen MR) is 99.6 cm³/mol. The van der Waals surface area contributed by atoms with Gasteiger partial charge in [0.25, 0.3) is 0 Å². The lowest BCUT2D eigenvalue weighted by Crippen LogP contribution is -2.58. The van der Waals surface area contributed by atoms with Crippen LogP contribution in [-0.4, -0.2) is 57.2 Å². The summed E-state index contributed by atoms with van der Waals surface area (Å²) in [6.45, 7) is 1.40. The number of fused-ring (bicyclic) bond motifs is 1. The Morgan fingerprint density at radius 1 is 1.14 bits per heavy atom. The van der Waals surface area contributed by atoms with Crippen molar-refractivity contribution in [3.05, 3.63) is 42.0 Å². The van der Waals surface area contributed by atoms with E-state index < -0.39 is 41.2 Å². The highest BCUT2D eigenvalue weighted by molar-refractivity contribution is 6.10. The Hall–Kier alpha value is -2.96. The first-order valence-electron chi connectivity index (χ1n) is 9.39. The van der Waals surface area contributed by atoms with Gasteiger partial charge in [0.1, 0.15) is 0 Å². The molecule has 1 aromatic rings. The van der Waals surface area contributed by atoms with Gasteiger partial charge in [-0.2, -0.15) is 0 Å². The van der Waals surface area contributed by atoms with Gasteiger partial charge in [0.05, 0.1) is 17.9 Å². The smallest absolute Gasteiger partial charge is 0.330 e. The van der Waals surface area contributed by atoms with E-state index in [0.29, 0.717) is 12.8 Å². The summed E-state index contributed by atoms with van der Waals surface area (Å²) in [4.78, 5) is 53.3. The molecular formula is C21H22N2O5. The lowest BCUT2D eigenvalue weighted by Gasteiger charge is -2.37. The first kappa shape index (κ1) is 18.4. The van der Waals surface area contributed by atoms with Crippen molar-refractivity contribution in [3.8, 4) is 0 Å². The first-order chi connectivity index (χ1) is 13.3. The lowest BCUT2D eigenvalue weighted by atomic mass is 9.81. The predicted octanol–water partition coefficient (Wildman–Crippen LogP) is 1.39. The molecule has 4 atom stereocenters. The van der Waals surface area contributed by atoms with Crippen molar-refractivity contribution in [1.82, 2.24) is 9.80 Å².